The molecule has 0 fully saturated rings. The molecule has 94 valence electrons. The molecule has 0 aromatic heterocycles. The Bertz CT molecular complexity index is 573. The first-order valence-electron chi connectivity index (χ1n) is 4.71. The van der Waals surface area contributed by atoms with Crippen molar-refractivity contribution in [1.29, 1.82) is 5.26 Å². The summed E-state index contributed by atoms with van der Waals surface area (Å²) in [6.07, 6.45) is -1.39. The van der Waals surface area contributed by atoms with E-state index in [1.807, 2.05) is 51.3 Å². The predicted molar refractivity (Wildman–Crippen MR) is 83.7 cm³/mol. The van der Waals surface area contributed by atoms with E-state index in [9.17, 15) is 4.79 Å². The molecule has 0 radical (unpaired) electrons. The molecule has 0 saturated carbocycles. The van der Waals surface area contributed by atoms with Gasteiger partial charge in [0.05, 0.1) is 18.4 Å². The summed E-state index contributed by atoms with van der Waals surface area (Å²) < 4.78 is 5.79. The van der Waals surface area contributed by atoms with Gasteiger partial charge in [0.15, 0.2) is 5.75 Å². The van der Waals surface area contributed by atoms with Gasteiger partial charge in [0.25, 0.3) is 0 Å². The lowest BCUT2D eigenvalue weighted by atomic mass is 10.2. The van der Waals surface area contributed by atoms with Crippen LogP contribution in [0.5, 0.6) is 5.75 Å². The number of hydrogen-bond donors (Lipinski definition) is 1. The molecule has 1 aromatic carbocycles. The molecule has 0 aliphatic heterocycles. The Labute approximate surface area is 131 Å². The van der Waals surface area contributed by atoms with Gasteiger partial charge < -0.3 is 9.84 Å². The fourth-order valence-corrected chi connectivity index (χ4v) is 3.21. The molecule has 7 heteroatoms. The van der Waals surface area contributed by atoms with E-state index >= 15 is 0 Å². The minimum absolute atomic E-state index is 0.211. The minimum Gasteiger partial charge on any atom is -0.449 e. The van der Waals surface area contributed by atoms with Crippen LogP contribution in [0.3, 0.4) is 0 Å². The van der Waals surface area contributed by atoms with Crippen LogP contribution in [0.2, 0.25) is 0 Å². The third-order valence-corrected chi connectivity index (χ3v) is 3.60. The third-order valence-electron chi connectivity index (χ3n) is 1.80. The summed E-state index contributed by atoms with van der Waals surface area (Å²) in [6, 6.07) is 3.60. The molecule has 0 heterocycles. The van der Waals surface area contributed by atoms with Gasteiger partial charge in [-0.2, -0.15) is 5.26 Å². The van der Waals surface area contributed by atoms with Crippen LogP contribution in [0.1, 0.15) is 19.4 Å². The fourth-order valence-electron chi connectivity index (χ4n) is 1.19. The van der Waals surface area contributed by atoms with Gasteiger partial charge in [-0.15, -0.1) is 0 Å². The van der Waals surface area contributed by atoms with Crippen molar-refractivity contribution in [3.63, 3.8) is 0 Å². The molecule has 1 rings (SSSR count). The van der Waals surface area contributed by atoms with E-state index in [0.717, 1.165) is 5.71 Å². The van der Waals surface area contributed by atoms with Crippen LogP contribution >= 0.6 is 45.2 Å². The highest BCUT2D eigenvalue weighted by molar-refractivity contribution is 14.1. The number of aliphatic imine (C=N–C) groups is 1. The zero-order chi connectivity index (χ0) is 13.9. The zero-order valence-electron chi connectivity index (χ0n) is 9.49. The minimum atomic E-state index is -1.39. The number of carboxylic acid groups (broad SMARTS) is 1. The smallest absolute Gasteiger partial charge is 0.449 e. The van der Waals surface area contributed by atoms with Gasteiger partial charge in [-0.25, -0.2) is 4.79 Å². The van der Waals surface area contributed by atoms with Crippen LogP contribution in [0.25, 0.3) is 0 Å². The molecular formula is C11H8I2N2O3. The molecule has 0 unspecified atom stereocenters. The Hall–Kier alpha value is -0.890. The topological polar surface area (TPSA) is 82.7 Å². The van der Waals surface area contributed by atoms with E-state index in [0.29, 0.717) is 18.4 Å². The van der Waals surface area contributed by atoms with Gasteiger partial charge in [0.2, 0.25) is 0 Å². The fraction of sp³-hybridized carbons (Fsp3) is 0.182. The largest absolute Gasteiger partial charge is 0.511 e. The van der Waals surface area contributed by atoms with Crippen molar-refractivity contribution < 1.29 is 14.6 Å². The SMILES string of the molecule is CC(C)=Nc1c(C#N)cc(I)c(OC(=O)O)c1I. The second-order valence-electron chi connectivity index (χ2n) is 3.44. The Morgan fingerprint density at radius 1 is 1.50 bits per heavy atom. The Balaban J connectivity index is 3.54. The van der Waals surface area contributed by atoms with Crippen molar-refractivity contribution in [3.8, 4) is 11.8 Å². The third kappa shape index (κ3) is 3.55. The molecule has 0 spiro atoms. The number of carbonyl (C=O) groups is 1. The van der Waals surface area contributed by atoms with E-state index in [1.165, 1.54) is 0 Å². The first kappa shape index (κ1) is 15.2. The highest BCUT2D eigenvalue weighted by atomic mass is 127. The van der Waals surface area contributed by atoms with Crippen LogP contribution in [0, 0.1) is 18.5 Å². The highest BCUT2D eigenvalue weighted by Gasteiger charge is 2.18. The number of nitriles is 1. The maximum absolute atomic E-state index is 10.6. The molecule has 1 N–H and O–H groups in total. The number of hydrogen-bond acceptors (Lipinski definition) is 4. The van der Waals surface area contributed by atoms with Gasteiger partial charge in [0.1, 0.15) is 6.07 Å². The summed E-state index contributed by atoms with van der Waals surface area (Å²) in [7, 11) is 0. The first-order chi connectivity index (χ1) is 8.36. The molecule has 5 nitrogen and oxygen atoms in total. The second-order valence-corrected chi connectivity index (χ2v) is 5.68. The maximum Gasteiger partial charge on any atom is 0.511 e. The Morgan fingerprint density at radius 2 is 2.11 bits per heavy atom. The summed E-state index contributed by atoms with van der Waals surface area (Å²) in [5, 5.41) is 17.8. The molecule has 0 aliphatic carbocycles. The van der Waals surface area contributed by atoms with Gasteiger partial charge in [-0.3, -0.25) is 4.99 Å². The summed E-state index contributed by atoms with van der Waals surface area (Å²) in [5.74, 6) is 0.211. The van der Waals surface area contributed by atoms with Crippen LogP contribution in [0.4, 0.5) is 10.5 Å². The van der Waals surface area contributed by atoms with E-state index in [2.05, 4.69) is 4.99 Å². The number of rotatable bonds is 2. The maximum atomic E-state index is 10.6. The van der Waals surface area contributed by atoms with E-state index in [4.69, 9.17) is 15.1 Å². The van der Waals surface area contributed by atoms with Crippen LogP contribution < -0.4 is 4.74 Å². The number of nitrogens with zero attached hydrogens (tertiary/aromatic N) is 2. The van der Waals surface area contributed by atoms with E-state index < -0.39 is 6.16 Å². The lowest BCUT2D eigenvalue weighted by Crippen LogP contribution is -2.06. The van der Waals surface area contributed by atoms with Crippen molar-refractivity contribution in [2.45, 2.75) is 13.8 Å². The Morgan fingerprint density at radius 3 is 2.56 bits per heavy atom. The Kier molecular flexibility index (Phi) is 5.33. The average molecular weight is 470 g/mol. The lowest BCUT2D eigenvalue weighted by Gasteiger charge is -2.10. The number of ether oxygens (including phenoxy) is 1. The van der Waals surface area contributed by atoms with Crippen molar-refractivity contribution in [2.24, 2.45) is 4.99 Å². The molecule has 1 aromatic rings. The molecule has 18 heavy (non-hydrogen) atoms. The highest BCUT2D eigenvalue weighted by Crippen LogP contribution is 2.37. The monoisotopic (exact) mass is 470 g/mol. The normalized spacial score (nSPS) is 9.50. The summed E-state index contributed by atoms with van der Waals surface area (Å²) >= 11 is 3.86. The number of halogens is 2. The standard InChI is InChI=1S/C11H8I2N2O3/c1-5(2)15-9-6(4-14)3-7(12)10(8(9)13)18-11(16)17/h3H,1-2H3,(H,16,17). The summed E-state index contributed by atoms with van der Waals surface area (Å²) in [4.78, 5) is 14.9. The van der Waals surface area contributed by atoms with Gasteiger partial charge >= 0.3 is 6.16 Å². The first-order valence-corrected chi connectivity index (χ1v) is 6.87. The van der Waals surface area contributed by atoms with E-state index in [1.54, 1.807) is 19.9 Å². The molecular weight excluding hydrogens is 462 g/mol. The average Bonchev–Trinajstić information content (AvgIpc) is 2.27. The molecule has 0 amide bonds. The summed E-state index contributed by atoms with van der Waals surface area (Å²) in [6.45, 7) is 3.60. The summed E-state index contributed by atoms with van der Waals surface area (Å²) in [5.41, 5.74) is 1.60. The van der Waals surface area contributed by atoms with Crippen molar-refractivity contribution in [3.05, 3.63) is 18.8 Å². The van der Waals surface area contributed by atoms with Crippen molar-refractivity contribution >= 4 is 62.7 Å². The van der Waals surface area contributed by atoms with E-state index in [-0.39, 0.29) is 5.75 Å². The quantitative estimate of drug-likeness (QED) is 0.308. The van der Waals surface area contributed by atoms with Gasteiger partial charge in [-0.1, -0.05) is 0 Å². The van der Waals surface area contributed by atoms with Crippen molar-refractivity contribution in [2.75, 3.05) is 0 Å². The number of benzene rings is 1. The molecule has 0 atom stereocenters. The molecule has 0 bridgehead atoms. The molecule has 0 aliphatic rings. The second kappa shape index (κ2) is 6.33. The van der Waals surface area contributed by atoms with Crippen LogP contribution in [0.15, 0.2) is 11.1 Å². The lowest BCUT2D eigenvalue weighted by molar-refractivity contribution is 0.144. The predicted octanol–water partition coefficient (Wildman–Crippen LogP) is 3.94. The van der Waals surface area contributed by atoms with Gasteiger partial charge in [0, 0.05) is 5.71 Å². The van der Waals surface area contributed by atoms with Crippen LogP contribution in [-0.4, -0.2) is 17.0 Å². The van der Waals surface area contributed by atoms with Gasteiger partial charge in [-0.05, 0) is 65.1 Å². The van der Waals surface area contributed by atoms with Crippen LogP contribution in [-0.2, 0) is 0 Å². The molecule has 0 saturated heterocycles. The zero-order valence-corrected chi connectivity index (χ0v) is 13.8. The van der Waals surface area contributed by atoms with Crippen molar-refractivity contribution in [1.82, 2.24) is 0 Å².